The Kier molecular flexibility index (Phi) is 3.24. The van der Waals surface area contributed by atoms with Gasteiger partial charge in [0.25, 0.3) is 0 Å². The molecule has 5 heteroatoms. The zero-order valence-electron chi connectivity index (χ0n) is 10.6. The molecule has 0 spiro atoms. The van der Waals surface area contributed by atoms with Gasteiger partial charge in [0.2, 0.25) is 0 Å². The molecule has 1 heterocycles. The maximum atomic E-state index is 12.1. The van der Waals surface area contributed by atoms with Gasteiger partial charge in [0.1, 0.15) is 5.82 Å². The first-order valence-electron chi connectivity index (χ1n) is 6.59. The van der Waals surface area contributed by atoms with Crippen LogP contribution in [0.25, 0.3) is 0 Å². The van der Waals surface area contributed by atoms with Crippen molar-refractivity contribution in [3.8, 4) is 0 Å². The molecule has 1 amide bonds. The fraction of sp³-hybridized carbons (Fsp3) is 0.692. The van der Waals surface area contributed by atoms with E-state index in [1.54, 1.807) is 16.2 Å². The third kappa shape index (κ3) is 3.02. The van der Waals surface area contributed by atoms with Crippen LogP contribution in [0.1, 0.15) is 30.7 Å². The molecular formula is C13H18N2O2S. The molecule has 0 aliphatic heterocycles. The average molecular weight is 266 g/mol. The summed E-state index contributed by atoms with van der Waals surface area (Å²) < 4.78 is 5.37. The van der Waals surface area contributed by atoms with Crippen LogP contribution in [-0.4, -0.2) is 24.2 Å². The Labute approximate surface area is 111 Å². The summed E-state index contributed by atoms with van der Waals surface area (Å²) in [6, 6.07) is 0. The summed E-state index contributed by atoms with van der Waals surface area (Å²) in [5.41, 5.74) is 0. The van der Waals surface area contributed by atoms with E-state index in [4.69, 9.17) is 4.74 Å². The van der Waals surface area contributed by atoms with Crippen LogP contribution in [-0.2, 0) is 4.74 Å². The number of rotatable bonds is 5. The van der Waals surface area contributed by atoms with Gasteiger partial charge in [0.15, 0.2) is 0 Å². The van der Waals surface area contributed by atoms with E-state index < -0.39 is 0 Å². The summed E-state index contributed by atoms with van der Waals surface area (Å²) in [5.74, 6) is 2.00. The van der Waals surface area contributed by atoms with E-state index in [0.717, 1.165) is 17.4 Å². The second kappa shape index (κ2) is 4.88. The zero-order chi connectivity index (χ0) is 12.5. The van der Waals surface area contributed by atoms with E-state index in [1.165, 1.54) is 25.7 Å². The predicted molar refractivity (Wildman–Crippen MR) is 71.0 cm³/mol. The van der Waals surface area contributed by atoms with Crippen LogP contribution in [0.3, 0.4) is 0 Å². The Hall–Kier alpha value is -1.10. The normalized spacial score (nSPS) is 18.7. The van der Waals surface area contributed by atoms with E-state index in [-0.39, 0.29) is 6.09 Å². The lowest BCUT2D eigenvalue weighted by Crippen LogP contribution is -2.34. The Morgan fingerprint density at radius 3 is 2.72 bits per heavy atom. The third-order valence-electron chi connectivity index (χ3n) is 3.38. The first-order chi connectivity index (χ1) is 8.72. The average Bonchev–Trinajstić information content (AvgIpc) is 3.25. The van der Waals surface area contributed by atoms with Crippen molar-refractivity contribution in [1.29, 1.82) is 0 Å². The van der Waals surface area contributed by atoms with Gasteiger partial charge in [-0.2, -0.15) is 0 Å². The lowest BCUT2D eigenvalue weighted by molar-refractivity contribution is 0.148. The van der Waals surface area contributed by atoms with Gasteiger partial charge in [-0.05, 0) is 44.4 Å². The van der Waals surface area contributed by atoms with Gasteiger partial charge < -0.3 is 4.74 Å². The second-order valence-corrected chi connectivity index (χ2v) is 6.36. The summed E-state index contributed by atoms with van der Waals surface area (Å²) in [4.78, 5) is 18.2. The number of ether oxygens (including phenoxy) is 1. The summed E-state index contributed by atoms with van der Waals surface area (Å²) in [6.45, 7) is 3.29. The molecule has 0 N–H and O–H groups in total. The van der Waals surface area contributed by atoms with E-state index in [0.29, 0.717) is 18.4 Å². The highest BCUT2D eigenvalue weighted by molar-refractivity contribution is 7.09. The smallest absolute Gasteiger partial charge is 0.415 e. The SMILES string of the molecule is Cc1nc(N(CC2CC2)C(=O)OCC2CC2)cs1. The van der Waals surface area contributed by atoms with Crippen LogP contribution in [0.4, 0.5) is 10.6 Å². The molecule has 0 unspecified atom stereocenters. The van der Waals surface area contributed by atoms with Crippen LogP contribution < -0.4 is 4.90 Å². The quantitative estimate of drug-likeness (QED) is 0.821. The molecule has 2 aliphatic carbocycles. The summed E-state index contributed by atoms with van der Waals surface area (Å²) in [6.07, 6.45) is 4.61. The van der Waals surface area contributed by atoms with Gasteiger partial charge >= 0.3 is 6.09 Å². The molecule has 0 atom stereocenters. The lowest BCUT2D eigenvalue weighted by atomic mass is 10.4. The number of carbonyl (C=O) groups is 1. The number of anilines is 1. The molecule has 2 saturated carbocycles. The van der Waals surface area contributed by atoms with Crippen molar-refractivity contribution >= 4 is 23.2 Å². The number of hydrogen-bond donors (Lipinski definition) is 0. The monoisotopic (exact) mass is 266 g/mol. The molecule has 1 aromatic rings. The number of aromatic nitrogens is 1. The zero-order valence-corrected chi connectivity index (χ0v) is 11.4. The topological polar surface area (TPSA) is 42.4 Å². The second-order valence-electron chi connectivity index (χ2n) is 5.30. The molecule has 1 aromatic heterocycles. The Morgan fingerprint density at radius 2 is 2.17 bits per heavy atom. The third-order valence-corrected chi connectivity index (χ3v) is 4.14. The largest absolute Gasteiger partial charge is 0.449 e. The van der Waals surface area contributed by atoms with E-state index in [2.05, 4.69) is 4.98 Å². The molecule has 3 rings (SSSR count). The van der Waals surface area contributed by atoms with Gasteiger partial charge in [0, 0.05) is 11.9 Å². The highest BCUT2D eigenvalue weighted by Crippen LogP contribution is 2.33. The highest BCUT2D eigenvalue weighted by Gasteiger charge is 2.31. The summed E-state index contributed by atoms with van der Waals surface area (Å²) in [7, 11) is 0. The Balaban J connectivity index is 1.64. The Bertz CT molecular complexity index is 438. The first-order valence-corrected chi connectivity index (χ1v) is 7.47. The van der Waals surface area contributed by atoms with E-state index >= 15 is 0 Å². The number of hydrogen-bond acceptors (Lipinski definition) is 4. The maximum Gasteiger partial charge on any atom is 0.415 e. The standard InChI is InChI=1S/C13H18N2O2S/c1-9-14-12(8-18-9)15(6-10-2-3-10)13(16)17-7-11-4-5-11/h8,10-11H,2-7H2,1H3. The number of amides is 1. The van der Waals surface area contributed by atoms with Gasteiger partial charge in [-0.25, -0.2) is 9.78 Å². The number of carbonyl (C=O) groups excluding carboxylic acids is 1. The van der Waals surface area contributed by atoms with Crippen molar-refractivity contribution in [2.75, 3.05) is 18.1 Å². The lowest BCUT2D eigenvalue weighted by Gasteiger charge is -2.19. The summed E-state index contributed by atoms with van der Waals surface area (Å²) >= 11 is 1.57. The molecule has 18 heavy (non-hydrogen) atoms. The number of nitrogens with zero attached hydrogens (tertiary/aromatic N) is 2. The molecule has 0 radical (unpaired) electrons. The molecule has 0 bridgehead atoms. The minimum atomic E-state index is -0.223. The predicted octanol–water partition coefficient (Wildman–Crippen LogP) is 3.21. The minimum absolute atomic E-state index is 0.223. The van der Waals surface area contributed by atoms with Gasteiger partial charge in [-0.15, -0.1) is 11.3 Å². The molecule has 2 fully saturated rings. The number of thiazole rings is 1. The minimum Gasteiger partial charge on any atom is -0.449 e. The number of aryl methyl sites for hydroxylation is 1. The van der Waals surface area contributed by atoms with Gasteiger partial charge in [-0.3, -0.25) is 4.90 Å². The van der Waals surface area contributed by atoms with Crippen molar-refractivity contribution in [2.45, 2.75) is 32.6 Å². The first kappa shape index (κ1) is 12.0. The molecular weight excluding hydrogens is 248 g/mol. The van der Waals surface area contributed by atoms with Crippen LogP contribution in [0.5, 0.6) is 0 Å². The van der Waals surface area contributed by atoms with Crippen molar-refractivity contribution in [3.63, 3.8) is 0 Å². The van der Waals surface area contributed by atoms with Crippen LogP contribution in [0, 0.1) is 18.8 Å². The van der Waals surface area contributed by atoms with Crippen molar-refractivity contribution in [1.82, 2.24) is 4.98 Å². The fourth-order valence-electron chi connectivity index (χ4n) is 1.85. The highest BCUT2D eigenvalue weighted by atomic mass is 32.1. The molecule has 4 nitrogen and oxygen atoms in total. The van der Waals surface area contributed by atoms with E-state index in [1.807, 2.05) is 12.3 Å². The van der Waals surface area contributed by atoms with Gasteiger partial charge in [0.05, 0.1) is 11.6 Å². The van der Waals surface area contributed by atoms with E-state index in [9.17, 15) is 4.79 Å². The van der Waals surface area contributed by atoms with Crippen LogP contribution >= 0.6 is 11.3 Å². The molecule has 2 aliphatic rings. The van der Waals surface area contributed by atoms with Crippen molar-refractivity contribution < 1.29 is 9.53 Å². The maximum absolute atomic E-state index is 12.1. The van der Waals surface area contributed by atoms with Crippen molar-refractivity contribution in [2.24, 2.45) is 11.8 Å². The molecule has 0 saturated heterocycles. The molecule has 0 aromatic carbocycles. The van der Waals surface area contributed by atoms with Crippen molar-refractivity contribution in [3.05, 3.63) is 10.4 Å². The van der Waals surface area contributed by atoms with Gasteiger partial charge in [-0.1, -0.05) is 0 Å². The van der Waals surface area contributed by atoms with Crippen LogP contribution in [0.15, 0.2) is 5.38 Å². The van der Waals surface area contributed by atoms with Crippen LogP contribution in [0.2, 0.25) is 0 Å². The summed E-state index contributed by atoms with van der Waals surface area (Å²) in [5, 5.41) is 2.93. The Morgan fingerprint density at radius 1 is 1.44 bits per heavy atom. The molecule has 98 valence electrons. The fourth-order valence-corrected chi connectivity index (χ4v) is 2.45.